The minimum atomic E-state index is -1.10. The van der Waals surface area contributed by atoms with Crippen molar-refractivity contribution in [3.63, 3.8) is 0 Å². The van der Waals surface area contributed by atoms with Gasteiger partial charge < -0.3 is 19.3 Å². The fourth-order valence-electron chi connectivity index (χ4n) is 5.13. The number of rotatable bonds is 11. The Morgan fingerprint density at radius 3 is 1.90 bits per heavy atom. The number of carbonyl (C=O) groups excluding carboxylic acids is 4. The molecule has 2 atom stereocenters. The second-order valence-electron chi connectivity index (χ2n) is 10.5. The van der Waals surface area contributed by atoms with Crippen LogP contribution in [0.5, 0.6) is 0 Å². The van der Waals surface area contributed by atoms with Crippen LogP contribution in [-0.2, 0) is 23.9 Å². The maximum absolute atomic E-state index is 13.7. The monoisotopic (exact) mass is 549 g/mol. The van der Waals surface area contributed by atoms with E-state index in [1.165, 1.54) is 34.9 Å². The zero-order chi connectivity index (χ0) is 29.6. The van der Waals surface area contributed by atoms with Crippen molar-refractivity contribution in [1.29, 1.82) is 0 Å². The molecule has 0 saturated carbocycles. The second-order valence-corrected chi connectivity index (χ2v) is 10.5. The molecule has 40 heavy (non-hydrogen) atoms. The molecule has 1 unspecified atom stereocenters. The molecule has 0 N–H and O–H groups in total. The normalized spacial score (nSPS) is 13.5. The lowest BCUT2D eigenvalue weighted by molar-refractivity contribution is -0.152. The predicted octanol–water partition coefficient (Wildman–Crippen LogP) is 3.93. The number of ether oxygens (including phenoxy) is 2. The molecule has 2 aromatic carbocycles. The average Bonchev–Trinajstić information content (AvgIpc) is 3.26. The Bertz CT molecular complexity index is 1210. The molecule has 0 saturated heterocycles. The van der Waals surface area contributed by atoms with Crippen LogP contribution in [0.3, 0.4) is 0 Å². The Balaban J connectivity index is 1.76. The Hall–Kier alpha value is -4.14. The van der Waals surface area contributed by atoms with E-state index in [1.807, 2.05) is 50.2 Å². The van der Waals surface area contributed by atoms with Crippen LogP contribution in [-0.4, -0.2) is 92.1 Å². The van der Waals surface area contributed by atoms with E-state index in [9.17, 15) is 19.2 Å². The number of benzene rings is 2. The van der Waals surface area contributed by atoms with E-state index in [4.69, 9.17) is 9.47 Å². The molecule has 0 fully saturated rings. The first-order valence-corrected chi connectivity index (χ1v) is 13.3. The SMILES string of the molecule is C=CCOC(=O)C[C@@H](C(=O)N(C)C)N(C)C(=O)C(C(C)C)N(C)C(=O)OCC1c2ccccc2-c2ccccc21. The molecule has 1 aliphatic carbocycles. The number of likely N-dealkylation sites (N-methyl/N-ethyl adjacent to an activating group) is 3. The summed E-state index contributed by atoms with van der Waals surface area (Å²) < 4.78 is 10.8. The van der Waals surface area contributed by atoms with Gasteiger partial charge in [0.1, 0.15) is 25.3 Å². The van der Waals surface area contributed by atoms with Gasteiger partial charge in [0.05, 0.1) is 6.42 Å². The van der Waals surface area contributed by atoms with Crippen molar-refractivity contribution in [3.8, 4) is 11.1 Å². The first-order chi connectivity index (χ1) is 19.0. The van der Waals surface area contributed by atoms with Gasteiger partial charge >= 0.3 is 12.1 Å². The van der Waals surface area contributed by atoms with Gasteiger partial charge in [-0.2, -0.15) is 0 Å². The number of amides is 3. The summed E-state index contributed by atoms with van der Waals surface area (Å²) in [5, 5.41) is 0. The number of esters is 1. The summed E-state index contributed by atoms with van der Waals surface area (Å²) in [6.07, 6.45) is 0.448. The topological polar surface area (TPSA) is 96.5 Å². The van der Waals surface area contributed by atoms with Gasteiger partial charge in [-0.3, -0.25) is 19.3 Å². The average molecular weight is 550 g/mol. The molecule has 0 aliphatic heterocycles. The van der Waals surface area contributed by atoms with E-state index in [2.05, 4.69) is 18.7 Å². The third kappa shape index (κ3) is 6.52. The zero-order valence-electron chi connectivity index (χ0n) is 24.1. The standard InChI is InChI=1S/C31H39N3O6/c1-8-17-39-27(35)18-26(29(36)32(4)5)33(6)30(37)28(20(2)3)34(7)31(38)40-19-25-23-15-11-9-13-21(23)22-14-10-12-16-24(22)25/h8-16,20,25-26,28H,1,17-19H2,2-7H3/t26-,28?/m0/s1. The lowest BCUT2D eigenvalue weighted by Crippen LogP contribution is -2.56. The number of carbonyl (C=O) groups is 4. The molecular weight excluding hydrogens is 510 g/mol. The van der Waals surface area contributed by atoms with Crippen LogP contribution < -0.4 is 0 Å². The summed E-state index contributed by atoms with van der Waals surface area (Å²) in [5.74, 6) is -1.97. The van der Waals surface area contributed by atoms with Gasteiger partial charge in [-0.15, -0.1) is 0 Å². The van der Waals surface area contributed by atoms with Gasteiger partial charge in [-0.25, -0.2) is 4.79 Å². The summed E-state index contributed by atoms with van der Waals surface area (Å²) in [6.45, 7) is 7.25. The van der Waals surface area contributed by atoms with Crippen LogP contribution in [0.15, 0.2) is 61.2 Å². The minimum Gasteiger partial charge on any atom is -0.461 e. The van der Waals surface area contributed by atoms with Gasteiger partial charge in [0.2, 0.25) is 11.8 Å². The largest absolute Gasteiger partial charge is 0.461 e. The van der Waals surface area contributed by atoms with Gasteiger partial charge in [0.15, 0.2) is 0 Å². The summed E-state index contributed by atoms with van der Waals surface area (Å²) in [5.41, 5.74) is 4.41. The maximum Gasteiger partial charge on any atom is 0.410 e. The van der Waals surface area contributed by atoms with Crippen LogP contribution in [0, 0.1) is 5.92 Å². The van der Waals surface area contributed by atoms with Crippen LogP contribution >= 0.6 is 0 Å². The Morgan fingerprint density at radius 1 is 0.850 bits per heavy atom. The van der Waals surface area contributed by atoms with E-state index in [-0.39, 0.29) is 31.5 Å². The second kappa shape index (κ2) is 13.3. The molecule has 0 radical (unpaired) electrons. The van der Waals surface area contributed by atoms with Gasteiger partial charge in [0, 0.05) is 34.1 Å². The highest BCUT2D eigenvalue weighted by atomic mass is 16.6. The highest BCUT2D eigenvalue weighted by Gasteiger charge is 2.39. The van der Waals surface area contributed by atoms with Crippen molar-refractivity contribution in [2.45, 2.75) is 38.3 Å². The van der Waals surface area contributed by atoms with E-state index >= 15 is 0 Å². The molecular formula is C31H39N3O6. The molecule has 0 heterocycles. The third-order valence-electron chi connectivity index (χ3n) is 7.19. The van der Waals surface area contributed by atoms with E-state index in [0.29, 0.717) is 0 Å². The highest BCUT2D eigenvalue weighted by Crippen LogP contribution is 2.44. The molecule has 2 aromatic rings. The summed E-state index contributed by atoms with van der Waals surface area (Å²) in [6, 6.07) is 14.1. The number of fused-ring (bicyclic) bond motifs is 3. The Morgan fingerprint density at radius 2 is 1.40 bits per heavy atom. The third-order valence-corrected chi connectivity index (χ3v) is 7.19. The molecule has 214 valence electrons. The van der Waals surface area contributed by atoms with Crippen molar-refractivity contribution in [2.75, 3.05) is 41.4 Å². The number of hydrogen-bond acceptors (Lipinski definition) is 6. The Labute approximate surface area is 236 Å². The fourth-order valence-corrected chi connectivity index (χ4v) is 5.13. The van der Waals surface area contributed by atoms with Gasteiger partial charge in [0.25, 0.3) is 0 Å². The molecule has 9 nitrogen and oxygen atoms in total. The summed E-state index contributed by atoms with van der Waals surface area (Å²) in [4.78, 5) is 56.1. The quantitative estimate of drug-likeness (QED) is 0.311. The van der Waals surface area contributed by atoms with E-state index in [0.717, 1.165) is 22.3 Å². The summed E-state index contributed by atoms with van der Waals surface area (Å²) in [7, 11) is 6.06. The van der Waals surface area contributed by atoms with Crippen molar-refractivity contribution >= 4 is 23.9 Å². The van der Waals surface area contributed by atoms with Gasteiger partial charge in [-0.05, 0) is 28.2 Å². The maximum atomic E-state index is 13.7. The zero-order valence-corrected chi connectivity index (χ0v) is 24.1. The predicted molar refractivity (Wildman–Crippen MR) is 152 cm³/mol. The van der Waals surface area contributed by atoms with Gasteiger partial charge in [-0.1, -0.05) is 75.0 Å². The van der Waals surface area contributed by atoms with Crippen molar-refractivity contribution < 1.29 is 28.7 Å². The van der Waals surface area contributed by atoms with Crippen LogP contribution in [0.4, 0.5) is 4.79 Å². The first-order valence-electron chi connectivity index (χ1n) is 13.3. The molecule has 9 heteroatoms. The molecule has 1 aliphatic rings. The van der Waals surface area contributed by atoms with Crippen molar-refractivity contribution in [2.24, 2.45) is 5.92 Å². The van der Waals surface area contributed by atoms with Crippen LogP contribution in [0.2, 0.25) is 0 Å². The van der Waals surface area contributed by atoms with Crippen LogP contribution in [0.25, 0.3) is 11.1 Å². The first kappa shape index (κ1) is 30.4. The lowest BCUT2D eigenvalue weighted by Gasteiger charge is -2.36. The Kier molecular flexibility index (Phi) is 10.1. The van der Waals surface area contributed by atoms with Crippen molar-refractivity contribution in [1.82, 2.24) is 14.7 Å². The molecule has 3 amide bonds. The number of nitrogens with zero attached hydrogens (tertiary/aromatic N) is 3. The smallest absolute Gasteiger partial charge is 0.410 e. The van der Waals surface area contributed by atoms with E-state index < -0.39 is 36.0 Å². The van der Waals surface area contributed by atoms with E-state index in [1.54, 1.807) is 14.1 Å². The summed E-state index contributed by atoms with van der Waals surface area (Å²) >= 11 is 0. The minimum absolute atomic E-state index is 0.00148. The highest BCUT2D eigenvalue weighted by molar-refractivity contribution is 5.93. The molecule has 0 aromatic heterocycles. The fraction of sp³-hybridized carbons (Fsp3) is 0.419. The van der Waals surface area contributed by atoms with Crippen LogP contribution in [0.1, 0.15) is 37.3 Å². The molecule has 3 rings (SSSR count). The number of hydrogen-bond donors (Lipinski definition) is 0. The molecule has 0 bridgehead atoms. The molecule has 0 spiro atoms. The lowest BCUT2D eigenvalue weighted by atomic mass is 9.98. The van der Waals surface area contributed by atoms with Crippen molar-refractivity contribution in [3.05, 3.63) is 72.3 Å².